The summed E-state index contributed by atoms with van der Waals surface area (Å²) in [5.74, 6) is -1.36. The van der Waals surface area contributed by atoms with Crippen LogP contribution >= 0.6 is 0 Å². The number of carbonyl (C=O) groups is 1. The second kappa shape index (κ2) is 7.59. The van der Waals surface area contributed by atoms with Gasteiger partial charge in [0, 0.05) is 13.2 Å². The first-order chi connectivity index (χ1) is 7.41. The lowest BCUT2D eigenvalue weighted by molar-refractivity contribution is -0.136. The van der Waals surface area contributed by atoms with Crippen LogP contribution in [0.25, 0.3) is 0 Å². The molecule has 0 bridgehead atoms. The summed E-state index contributed by atoms with van der Waals surface area (Å²) in [5.41, 5.74) is 0. The molecule has 0 heterocycles. The fraction of sp³-hybridized carbons (Fsp3) is 0.889. The highest BCUT2D eigenvalue weighted by atomic mass is 32.2. The van der Waals surface area contributed by atoms with Gasteiger partial charge in [0.15, 0.2) is 5.25 Å². The molecule has 1 atom stereocenters. The Morgan fingerprint density at radius 3 is 2.56 bits per heavy atom. The summed E-state index contributed by atoms with van der Waals surface area (Å²) in [5, 5.41) is 7.10. The first kappa shape index (κ1) is 15.3. The Kier molecular flexibility index (Phi) is 7.27. The highest BCUT2D eigenvalue weighted by Gasteiger charge is 2.26. The van der Waals surface area contributed by atoms with E-state index in [1.54, 1.807) is 0 Å². The fourth-order valence-corrected chi connectivity index (χ4v) is 1.75. The van der Waals surface area contributed by atoms with Crippen molar-refractivity contribution in [3.05, 3.63) is 0 Å². The molecule has 7 heteroatoms. The number of carboxylic acids is 1. The van der Waals surface area contributed by atoms with E-state index in [0.29, 0.717) is 6.61 Å². The lowest BCUT2D eigenvalue weighted by Gasteiger charge is -2.10. The van der Waals surface area contributed by atoms with Crippen molar-refractivity contribution in [1.29, 1.82) is 0 Å². The third-order valence-electron chi connectivity index (χ3n) is 2.01. The quantitative estimate of drug-likeness (QED) is 0.572. The maximum Gasteiger partial charge on any atom is 0.323 e. The van der Waals surface area contributed by atoms with E-state index in [2.05, 4.69) is 4.72 Å². The average molecular weight is 253 g/mol. The van der Waals surface area contributed by atoms with Gasteiger partial charge in [0.25, 0.3) is 0 Å². The average Bonchev–Trinajstić information content (AvgIpc) is 2.22. The molecule has 96 valence electrons. The second-order valence-corrected chi connectivity index (χ2v) is 5.47. The van der Waals surface area contributed by atoms with E-state index in [-0.39, 0.29) is 13.2 Å². The van der Waals surface area contributed by atoms with Crippen LogP contribution in [-0.2, 0) is 19.6 Å². The third-order valence-corrected chi connectivity index (χ3v) is 3.74. The lowest BCUT2D eigenvalue weighted by Crippen LogP contribution is -2.38. The molecule has 0 aromatic rings. The van der Waals surface area contributed by atoms with Crippen LogP contribution in [-0.4, -0.2) is 44.5 Å². The largest absolute Gasteiger partial charge is 0.480 e. The topological polar surface area (TPSA) is 92.7 Å². The van der Waals surface area contributed by atoms with Gasteiger partial charge in [-0.25, -0.2) is 13.1 Å². The van der Waals surface area contributed by atoms with Gasteiger partial charge < -0.3 is 9.84 Å². The van der Waals surface area contributed by atoms with Gasteiger partial charge in [0.05, 0.1) is 6.61 Å². The molecule has 0 amide bonds. The van der Waals surface area contributed by atoms with Gasteiger partial charge in [-0.15, -0.1) is 0 Å². The normalized spacial score (nSPS) is 13.6. The van der Waals surface area contributed by atoms with Crippen molar-refractivity contribution in [1.82, 2.24) is 4.72 Å². The SMILES string of the molecule is CCCCOCCNS(=O)(=O)C(C)C(=O)O. The van der Waals surface area contributed by atoms with Crippen molar-refractivity contribution in [2.75, 3.05) is 19.8 Å². The maximum atomic E-state index is 11.3. The molecule has 0 saturated heterocycles. The van der Waals surface area contributed by atoms with Crippen LogP contribution in [0.15, 0.2) is 0 Å². The number of unbranched alkanes of at least 4 members (excludes halogenated alkanes) is 1. The van der Waals surface area contributed by atoms with Gasteiger partial charge in [0.1, 0.15) is 0 Å². The minimum Gasteiger partial charge on any atom is -0.480 e. The molecular formula is C9H19NO5S. The van der Waals surface area contributed by atoms with Gasteiger partial charge in [0.2, 0.25) is 10.0 Å². The minimum absolute atomic E-state index is 0.101. The number of carboxylic acid groups (broad SMARTS) is 1. The molecule has 0 aliphatic heterocycles. The summed E-state index contributed by atoms with van der Waals surface area (Å²) in [6.07, 6.45) is 1.94. The predicted octanol–water partition coefficient (Wildman–Crippen LogP) is 0.196. The van der Waals surface area contributed by atoms with Crippen LogP contribution in [0.4, 0.5) is 0 Å². The number of aliphatic carboxylic acids is 1. The second-order valence-electron chi connectivity index (χ2n) is 3.39. The van der Waals surface area contributed by atoms with Crippen LogP contribution in [0.3, 0.4) is 0 Å². The molecule has 0 fully saturated rings. The molecule has 16 heavy (non-hydrogen) atoms. The highest BCUT2D eigenvalue weighted by Crippen LogP contribution is 1.97. The van der Waals surface area contributed by atoms with Gasteiger partial charge in [-0.1, -0.05) is 13.3 Å². The smallest absolute Gasteiger partial charge is 0.323 e. The Bertz CT molecular complexity index is 301. The van der Waals surface area contributed by atoms with Crippen LogP contribution < -0.4 is 4.72 Å². The molecule has 0 aliphatic rings. The number of sulfonamides is 1. The maximum absolute atomic E-state index is 11.3. The van der Waals surface area contributed by atoms with E-state index in [1.165, 1.54) is 0 Å². The van der Waals surface area contributed by atoms with Crippen LogP contribution in [0.2, 0.25) is 0 Å². The van der Waals surface area contributed by atoms with Crippen LogP contribution in [0.1, 0.15) is 26.7 Å². The van der Waals surface area contributed by atoms with Crippen molar-refractivity contribution in [2.45, 2.75) is 31.9 Å². The van der Waals surface area contributed by atoms with E-state index >= 15 is 0 Å². The molecule has 1 unspecified atom stereocenters. The van der Waals surface area contributed by atoms with Gasteiger partial charge in [-0.05, 0) is 13.3 Å². The molecule has 6 nitrogen and oxygen atoms in total. The van der Waals surface area contributed by atoms with E-state index < -0.39 is 21.2 Å². The standard InChI is InChI=1S/C9H19NO5S/c1-3-4-6-15-7-5-10-16(13,14)8(2)9(11)12/h8,10H,3-7H2,1-2H3,(H,11,12). The van der Waals surface area contributed by atoms with E-state index in [1.807, 2.05) is 6.92 Å². The summed E-state index contributed by atoms with van der Waals surface area (Å²) >= 11 is 0. The molecule has 0 radical (unpaired) electrons. The number of rotatable bonds is 9. The Labute approximate surface area is 96.0 Å². The summed E-state index contributed by atoms with van der Waals surface area (Å²) in [6.45, 7) is 4.10. The zero-order valence-electron chi connectivity index (χ0n) is 9.60. The zero-order chi connectivity index (χ0) is 12.6. The van der Waals surface area contributed by atoms with Crippen LogP contribution in [0.5, 0.6) is 0 Å². The van der Waals surface area contributed by atoms with Gasteiger partial charge in [-0.2, -0.15) is 0 Å². The molecule has 0 rings (SSSR count). The van der Waals surface area contributed by atoms with Crippen molar-refractivity contribution < 1.29 is 23.1 Å². The first-order valence-corrected chi connectivity index (χ1v) is 6.75. The molecular weight excluding hydrogens is 234 g/mol. The third kappa shape index (κ3) is 6.04. The Balaban J connectivity index is 3.79. The lowest BCUT2D eigenvalue weighted by atomic mass is 10.4. The highest BCUT2D eigenvalue weighted by molar-refractivity contribution is 7.90. The summed E-state index contributed by atoms with van der Waals surface area (Å²) in [4.78, 5) is 10.5. The number of hydrogen-bond donors (Lipinski definition) is 2. The predicted molar refractivity (Wildman–Crippen MR) is 59.7 cm³/mol. The summed E-state index contributed by atoms with van der Waals surface area (Å²) in [7, 11) is -3.78. The summed E-state index contributed by atoms with van der Waals surface area (Å²) in [6, 6.07) is 0. The molecule has 2 N–H and O–H groups in total. The number of hydrogen-bond acceptors (Lipinski definition) is 4. The van der Waals surface area contributed by atoms with E-state index in [0.717, 1.165) is 19.8 Å². The molecule has 0 saturated carbocycles. The van der Waals surface area contributed by atoms with Gasteiger partial charge in [-0.3, -0.25) is 4.79 Å². The first-order valence-electron chi connectivity index (χ1n) is 5.20. The molecule has 0 aliphatic carbocycles. The monoisotopic (exact) mass is 253 g/mol. The minimum atomic E-state index is -3.78. The molecule has 0 aromatic heterocycles. The zero-order valence-corrected chi connectivity index (χ0v) is 10.4. The molecule has 0 aromatic carbocycles. The number of nitrogens with one attached hydrogen (secondary N) is 1. The van der Waals surface area contributed by atoms with Crippen LogP contribution in [0, 0.1) is 0 Å². The van der Waals surface area contributed by atoms with E-state index in [4.69, 9.17) is 9.84 Å². The van der Waals surface area contributed by atoms with Gasteiger partial charge >= 0.3 is 5.97 Å². The fourth-order valence-electron chi connectivity index (χ4n) is 0.862. The number of ether oxygens (including phenoxy) is 1. The summed E-state index contributed by atoms with van der Waals surface area (Å²) < 4.78 is 29.9. The van der Waals surface area contributed by atoms with Crippen molar-refractivity contribution in [2.24, 2.45) is 0 Å². The van der Waals surface area contributed by atoms with E-state index in [9.17, 15) is 13.2 Å². The van der Waals surface area contributed by atoms with Crippen molar-refractivity contribution >= 4 is 16.0 Å². The Hall–Kier alpha value is -0.660. The Morgan fingerprint density at radius 2 is 2.06 bits per heavy atom. The van der Waals surface area contributed by atoms with Crippen molar-refractivity contribution in [3.8, 4) is 0 Å². The van der Waals surface area contributed by atoms with Crippen molar-refractivity contribution in [3.63, 3.8) is 0 Å². The molecule has 0 spiro atoms. The Morgan fingerprint density at radius 1 is 1.44 bits per heavy atom.